The Kier molecular flexibility index (Phi) is 5.00. The number of nitrogens with zero attached hydrogens (tertiary/aromatic N) is 2. The molecule has 3 rings (SSSR count). The van der Waals surface area contributed by atoms with Crippen molar-refractivity contribution in [2.45, 2.75) is 0 Å². The number of fused-ring (bicyclic) bond motifs is 1. The molecule has 2 aromatic rings. The molecular weight excluding hydrogens is 310 g/mol. The quantitative estimate of drug-likeness (QED) is 0.920. The van der Waals surface area contributed by atoms with Crippen LogP contribution in [0.3, 0.4) is 0 Å². The minimum Gasteiger partial charge on any atom is -0.453 e. The van der Waals surface area contributed by atoms with E-state index in [1.807, 2.05) is 24.3 Å². The fourth-order valence-corrected chi connectivity index (χ4v) is 2.79. The summed E-state index contributed by atoms with van der Waals surface area (Å²) in [6.45, 7) is 4.11. The number of amides is 2. The first-order valence-electron chi connectivity index (χ1n) is 7.99. The lowest BCUT2D eigenvalue weighted by atomic mass is 10.2. The first kappa shape index (κ1) is 16.3. The second kappa shape index (κ2) is 7.35. The van der Waals surface area contributed by atoms with Crippen LogP contribution in [0.2, 0.25) is 0 Å². The molecule has 24 heavy (non-hydrogen) atoms. The Morgan fingerprint density at radius 2 is 1.96 bits per heavy atom. The summed E-state index contributed by atoms with van der Waals surface area (Å²) < 4.78 is 10.3. The van der Waals surface area contributed by atoms with Gasteiger partial charge in [0.2, 0.25) is 0 Å². The van der Waals surface area contributed by atoms with Crippen LogP contribution in [0.1, 0.15) is 10.6 Å². The number of hydrogen-bond donors (Lipinski definition) is 1. The van der Waals surface area contributed by atoms with E-state index in [0.717, 1.165) is 25.0 Å². The van der Waals surface area contributed by atoms with E-state index in [1.54, 1.807) is 11.0 Å². The smallest absolute Gasteiger partial charge is 0.409 e. The van der Waals surface area contributed by atoms with Gasteiger partial charge in [0.25, 0.3) is 5.91 Å². The maximum Gasteiger partial charge on any atom is 0.409 e. The summed E-state index contributed by atoms with van der Waals surface area (Å²) in [5.41, 5.74) is 0.710. The zero-order valence-electron chi connectivity index (χ0n) is 13.7. The van der Waals surface area contributed by atoms with Crippen molar-refractivity contribution in [3.8, 4) is 0 Å². The average molecular weight is 331 g/mol. The third-order valence-electron chi connectivity index (χ3n) is 4.17. The van der Waals surface area contributed by atoms with Gasteiger partial charge in [-0.2, -0.15) is 0 Å². The third-order valence-corrected chi connectivity index (χ3v) is 4.17. The molecule has 1 aromatic carbocycles. The van der Waals surface area contributed by atoms with Gasteiger partial charge in [-0.15, -0.1) is 0 Å². The summed E-state index contributed by atoms with van der Waals surface area (Å²) in [7, 11) is 1.39. The van der Waals surface area contributed by atoms with Crippen molar-refractivity contribution < 1.29 is 18.7 Å². The van der Waals surface area contributed by atoms with Crippen LogP contribution in [0.5, 0.6) is 0 Å². The fourth-order valence-electron chi connectivity index (χ4n) is 2.79. The molecule has 0 bridgehead atoms. The standard InChI is InChI=1S/C17H21N3O4/c1-23-17(22)20-10-8-19(9-11-20)7-6-18-16(21)15-12-13-4-2-3-5-14(13)24-15/h2-5,12H,6-11H2,1H3,(H,18,21). The van der Waals surface area contributed by atoms with Crippen LogP contribution in [0.25, 0.3) is 11.0 Å². The van der Waals surface area contributed by atoms with Crippen LogP contribution in [0.4, 0.5) is 4.79 Å². The number of ether oxygens (including phenoxy) is 1. The highest BCUT2D eigenvalue weighted by molar-refractivity contribution is 5.96. The van der Waals surface area contributed by atoms with Gasteiger partial charge in [-0.05, 0) is 12.1 Å². The Morgan fingerprint density at radius 3 is 2.67 bits per heavy atom. The number of rotatable bonds is 4. The molecule has 128 valence electrons. The van der Waals surface area contributed by atoms with Gasteiger partial charge < -0.3 is 19.4 Å². The molecule has 1 fully saturated rings. The van der Waals surface area contributed by atoms with Crippen molar-refractivity contribution >= 4 is 23.0 Å². The number of methoxy groups -OCH3 is 1. The van der Waals surface area contributed by atoms with Gasteiger partial charge in [0, 0.05) is 44.7 Å². The highest BCUT2D eigenvalue weighted by atomic mass is 16.5. The predicted molar refractivity (Wildman–Crippen MR) is 89.0 cm³/mol. The zero-order chi connectivity index (χ0) is 16.9. The number of benzene rings is 1. The molecule has 1 saturated heterocycles. The molecule has 7 heteroatoms. The lowest BCUT2D eigenvalue weighted by Crippen LogP contribution is -2.50. The molecule has 7 nitrogen and oxygen atoms in total. The molecule has 0 atom stereocenters. The molecule has 0 aliphatic carbocycles. The zero-order valence-corrected chi connectivity index (χ0v) is 13.7. The van der Waals surface area contributed by atoms with Gasteiger partial charge in [-0.25, -0.2) is 4.79 Å². The van der Waals surface area contributed by atoms with Crippen LogP contribution in [-0.4, -0.2) is 68.2 Å². The third kappa shape index (κ3) is 3.68. The molecule has 0 spiro atoms. The summed E-state index contributed by atoms with van der Waals surface area (Å²) in [6.07, 6.45) is -0.284. The number of nitrogens with one attached hydrogen (secondary N) is 1. The van der Waals surface area contributed by atoms with Gasteiger partial charge in [0.1, 0.15) is 5.58 Å². The minimum atomic E-state index is -0.284. The van der Waals surface area contributed by atoms with Crippen molar-refractivity contribution in [1.82, 2.24) is 15.1 Å². The van der Waals surface area contributed by atoms with Crippen LogP contribution < -0.4 is 5.32 Å². The summed E-state index contributed by atoms with van der Waals surface area (Å²) >= 11 is 0. The lowest BCUT2D eigenvalue weighted by molar-refractivity contribution is 0.0873. The van der Waals surface area contributed by atoms with E-state index in [2.05, 4.69) is 10.2 Å². The van der Waals surface area contributed by atoms with Gasteiger partial charge in [0.05, 0.1) is 7.11 Å². The molecule has 1 aliphatic heterocycles. The Hall–Kier alpha value is -2.54. The summed E-state index contributed by atoms with van der Waals surface area (Å²) in [4.78, 5) is 27.5. The van der Waals surface area contributed by atoms with Crippen molar-refractivity contribution in [3.05, 3.63) is 36.1 Å². The molecular formula is C17H21N3O4. The van der Waals surface area contributed by atoms with E-state index in [-0.39, 0.29) is 12.0 Å². The van der Waals surface area contributed by atoms with Gasteiger partial charge in [-0.3, -0.25) is 9.69 Å². The van der Waals surface area contributed by atoms with Crippen molar-refractivity contribution in [3.63, 3.8) is 0 Å². The van der Waals surface area contributed by atoms with E-state index < -0.39 is 0 Å². The predicted octanol–water partition coefficient (Wildman–Crippen LogP) is 1.55. The van der Waals surface area contributed by atoms with Crippen molar-refractivity contribution in [1.29, 1.82) is 0 Å². The van der Waals surface area contributed by atoms with E-state index >= 15 is 0 Å². The van der Waals surface area contributed by atoms with Gasteiger partial charge in [-0.1, -0.05) is 18.2 Å². The number of para-hydroxylation sites is 1. The Balaban J connectivity index is 1.43. The first-order chi connectivity index (χ1) is 11.7. The summed E-state index contributed by atoms with van der Waals surface area (Å²) in [5.74, 6) is 0.117. The topological polar surface area (TPSA) is 75.0 Å². The van der Waals surface area contributed by atoms with Crippen molar-refractivity contribution in [2.75, 3.05) is 46.4 Å². The molecule has 2 amide bonds. The molecule has 2 heterocycles. The number of hydrogen-bond acceptors (Lipinski definition) is 5. The maximum absolute atomic E-state index is 12.1. The number of piperazine rings is 1. The number of furan rings is 1. The Bertz CT molecular complexity index is 686. The SMILES string of the molecule is COC(=O)N1CCN(CCNC(=O)c2cc3ccccc3o2)CC1. The number of carbonyl (C=O) groups is 2. The highest BCUT2D eigenvalue weighted by Gasteiger charge is 2.21. The van der Waals surface area contributed by atoms with Crippen molar-refractivity contribution in [2.24, 2.45) is 0 Å². The Labute approximate surface area is 140 Å². The average Bonchev–Trinajstić information content (AvgIpc) is 3.06. The van der Waals surface area contributed by atoms with Crippen LogP contribution in [-0.2, 0) is 4.74 Å². The maximum atomic E-state index is 12.1. The molecule has 1 aliphatic rings. The van der Waals surface area contributed by atoms with Gasteiger partial charge >= 0.3 is 6.09 Å². The molecule has 1 aromatic heterocycles. The molecule has 1 N–H and O–H groups in total. The largest absolute Gasteiger partial charge is 0.453 e. The lowest BCUT2D eigenvalue weighted by Gasteiger charge is -2.33. The van der Waals surface area contributed by atoms with Crippen LogP contribution in [0.15, 0.2) is 34.7 Å². The van der Waals surface area contributed by atoms with E-state index in [0.29, 0.717) is 31.0 Å². The second-order valence-corrected chi connectivity index (χ2v) is 5.70. The van der Waals surface area contributed by atoms with Crippen LogP contribution in [0, 0.1) is 0 Å². The van der Waals surface area contributed by atoms with E-state index in [9.17, 15) is 9.59 Å². The van der Waals surface area contributed by atoms with E-state index in [1.165, 1.54) is 7.11 Å². The van der Waals surface area contributed by atoms with Crippen LogP contribution >= 0.6 is 0 Å². The summed E-state index contributed by atoms with van der Waals surface area (Å²) in [5, 5.41) is 3.79. The van der Waals surface area contributed by atoms with E-state index in [4.69, 9.17) is 9.15 Å². The molecule has 0 unspecified atom stereocenters. The Morgan fingerprint density at radius 1 is 1.21 bits per heavy atom. The highest BCUT2D eigenvalue weighted by Crippen LogP contribution is 2.18. The number of carbonyl (C=O) groups excluding carboxylic acids is 2. The monoisotopic (exact) mass is 331 g/mol. The van der Waals surface area contributed by atoms with Gasteiger partial charge in [0.15, 0.2) is 5.76 Å². The molecule has 0 radical (unpaired) electrons. The normalized spacial score (nSPS) is 15.5. The first-order valence-corrected chi connectivity index (χ1v) is 7.99. The molecule has 0 saturated carbocycles. The second-order valence-electron chi connectivity index (χ2n) is 5.70. The summed E-state index contributed by atoms with van der Waals surface area (Å²) in [6, 6.07) is 9.29. The fraction of sp³-hybridized carbons (Fsp3) is 0.412. The minimum absolute atomic E-state index is 0.209.